The molecule has 192 valence electrons. The number of aliphatic hydroxyl groups excluding tert-OH is 1. The number of aromatic hydroxyl groups is 1. The molecule has 1 heterocycles. The number of rotatable bonds is 12. The van der Waals surface area contributed by atoms with Crippen LogP contribution in [0.25, 0.3) is 0 Å². The normalized spacial score (nSPS) is 17.8. The van der Waals surface area contributed by atoms with Gasteiger partial charge in [-0.15, -0.1) is 0 Å². The van der Waals surface area contributed by atoms with E-state index in [1.807, 2.05) is 0 Å². The van der Waals surface area contributed by atoms with Crippen molar-refractivity contribution in [2.24, 2.45) is 5.73 Å². The molecule has 0 radical (unpaired) electrons. The van der Waals surface area contributed by atoms with Crippen molar-refractivity contribution in [2.75, 3.05) is 13.2 Å². The van der Waals surface area contributed by atoms with Gasteiger partial charge in [0.2, 0.25) is 17.7 Å². The number of carbonyl (C=O) groups is 5. The van der Waals surface area contributed by atoms with Crippen molar-refractivity contribution in [1.29, 1.82) is 0 Å². The van der Waals surface area contributed by atoms with Crippen molar-refractivity contribution in [3.8, 4) is 5.75 Å². The molecule has 1 saturated heterocycles. The number of hydrogen-bond acceptors (Lipinski definition) is 8. The van der Waals surface area contributed by atoms with Crippen molar-refractivity contribution < 1.29 is 44.4 Å². The Morgan fingerprint density at radius 2 is 1.71 bits per heavy atom. The van der Waals surface area contributed by atoms with Crippen LogP contribution in [-0.2, 0) is 30.4 Å². The van der Waals surface area contributed by atoms with Gasteiger partial charge in [0.25, 0.3) is 0 Å². The highest BCUT2D eigenvalue weighted by molar-refractivity contribution is 5.94. The Balaban J connectivity index is 2.13. The molecule has 4 atom stereocenters. The number of phenols is 1. The van der Waals surface area contributed by atoms with Gasteiger partial charge in [-0.3, -0.25) is 19.2 Å². The molecule has 0 aromatic heterocycles. The van der Waals surface area contributed by atoms with Crippen LogP contribution in [0.4, 0.5) is 0 Å². The maximum Gasteiger partial charge on any atom is 0.326 e. The minimum atomic E-state index is -1.39. The molecule has 13 heteroatoms. The fourth-order valence-electron chi connectivity index (χ4n) is 3.74. The first-order chi connectivity index (χ1) is 16.5. The molecule has 2 rings (SSSR count). The number of amides is 3. The zero-order valence-corrected chi connectivity index (χ0v) is 18.9. The fourth-order valence-corrected chi connectivity index (χ4v) is 3.74. The number of aliphatic carboxylic acids is 2. The van der Waals surface area contributed by atoms with Crippen LogP contribution in [0.15, 0.2) is 24.3 Å². The lowest BCUT2D eigenvalue weighted by atomic mass is 10.0. The molecule has 35 heavy (non-hydrogen) atoms. The van der Waals surface area contributed by atoms with E-state index < -0.39 is 66.9 Å². The summed E-state index contributed by atoms with van der Waals surface area (Å²) in [7, 11) is 0. The molecule has 3 amide bonds. The third kappa shape index (κ3) is 7.93. The number of carboxylic acid groups (broad SMARTS) is 2. The fraction of sp³-hybridized carbons (Fsp3) is 0.500. The Morgan fingerprint density at radius 1 is 1.06 bits per heavy atom. The largest absolute Gasteiger partial charge is 0.508 e. The lowest BCUT2D eigenvalue weighted by molar-refractivity contribution is -0.143. The summed E-state index contributed by atoms with van der Waals surface area (Å²) >= 11 is 0. The highest BCUT2D eigenvalue weighted by Gasteiger charge is 2.38. The van der Waals surface area contributed by atoms with Crippen LogP contribution in [-0.4, -0.2) is 92.3 Å². The van der Waals surface area contributed by atoms with Crippen LogP contribution in [0.2, 0.25) is 0 Å². The van der Waals surface area contributed by atoms with Crippen LogP contribution in [0, 0.1) is 0 Å². The van der Waals surface area contributed by atoms with E-state index in [-0.39, 0.29) is 31.6 Å². The van der Waals surface area contributed by atoms with Crippen molar-refractivity contribution in [1.82, 2.24) is 15.5 Å². The van der Waals surface area contributed by atoms with Gasteiger partial charge in [0, 0.05) is 19.4 Å². The molecule has 1 aromatic rings. The monoisotopic (exact) mass is 494 g/mol. The van der Waals surface area contributed by atoms with E-state index in [9.17, 15) is 34.2 Å². The molecule has 1 aromatic carbocycles. The minimum absolute atomic E-state index is 0.0134. The van der Waals surface area contributed by atoms with Gasteiger partial charge in [0.15, 0.2) is 0 Å². The molecule has 4 unspecified atom stereocenters. The zero-order chi connectivity index (χ0) is 26.1. The molecule has 0 spiro atoms. The summed E-state index contributed by atoms with van der Waals surface area (Å²) in [6, 6.07) is 0.784. The summed E-state index contributed by atoms with van der Waals surface area (Å²) in [6.07, 6.45) is -0.139. The number of aliphatic hydroxyl groups is 1. The van der Waals surface area contributed by atoms with Gasteiger partial charge >= 0.3 is 11.9 Å². The highest BCUT2D eigenvalue weighted by Crippen LogP contribution is 2.19. The summed E-state index contributed by atoms with van der Waals surface area (Å²) in [5.74, 6) is -4.81. The van der Waals surface area contributed by atoms with Gasteiger partial charge in [0.1, 0.15) is 29.9 Å². The average Bonchev–Trinajstić information content (AvgIpc) is 3.31. The molecule has 13 nitrogen and oxygen atoms in total. The second-order valence-corrected chi connectivity index (χ2v) is 8.24. The molecule has 1 aliphatic rings. The van der Waals surface area contributed by atoms with Gasteiger partial charge in [0.05, 0.1) is 6.61 Å². The standard InChI is InChI=1S/C22H30N4O9/c23-14(11-27)21(33)26-9-1-2-17(26)20(32)24-15(7-8-18(29)30)19(31)25-16(22(34)35)10-12-3-5-13(28)6-4-12/h3-6,14-17,27-28H,1-2,7-11,23H2,(H,24,32)(H,25,31)(H,29,30)(H,34,35). The Bertz CT molecular complexity index is 937. The predicted molar refractivity (Wildman–Crippen MR) is 120 cm³/mol. The quantitative estimate of drug-likeness (QED) is 0.172. The van der Waals surface area contributed by atoms with Crippen LogP contribution in [0.3, 0.4) is 0 Å². The zero-order valence-electron chi connectivity index (χ0n) is 18.9. The number of nitrogens with zero attached hydrogens (tertiary/aromatic N) is 1. The first-order valence-corrected chi connectivity index (χ1v) is 11.0. The Morgan fingerprint density at radius 3 is 2.29 bits per heavy atom. The van der Waals surface area contributed by atoms with Crippen LogP contribution < -0.4 is 16.4 Å². The number of nitrogens with one attached hydrogen (secondary N) is 2. The predicted octanol–water partition coefficient (Wildman–Crippen LogP) is -1.84. The molecular formula is C22H30N4O9. The second-order valence-electron chi connectivity index (χ2n) is 8.24. The SMILES string of the molecule is NC(CO)C(=O)N1CCCC1C(=O)NC(CCC(=O)O)C(=O)NC(Cc1ccc(O)cc1)C(=O)O. The van der Waals surface area contributed by atoms with Crippen molar-refractivity contribution in [2.45, 2.75) is 56.3 Å². The summed E-state index contributed by atoms with van der Waals surface area (Å²) in [5.41, 5.74) is 6.09. The Kier molecular flexibility index (Phi) is 9.97. The van der Waals surface area contributed by atoms with Crippen molar-refractivity contribution >= 4 is 29.7 Å². The molecule has 1 fully saturated rings. The topological polar surface area (TPSA) is 220 Å². The Hall–Kier alpha value is -3.71. The summed E-state index contributed by atoms with van der Waals surface area (Å²) in [6.45, 7) is -0.380. The summed E-state index contributed by atoms with van der Waals surface area (Å²) in [4.78, 5) is 62.1. The van der Waals surface area contributed by atoms with Crippen molar-refractivity contribution in [3.63, 3.8) is 0 Å². The number of carboxylic acids is 2. The third-order valence-electron chi connectivity index (χ3n) is 5.62. The lowest BCUT2D eigenvalue weighted by Crippen LogP contribution is -2.57. The molecule has 8 N–H and O–H groups in total. The number of likely N-dealkylation sites (tertiary alicyclic amines) is 1. The van der Waals surface area contributed by atoms with Gasteiger partial charge < -0.3 is 41.7 Å². The number of benzene rings is 1. The van der Waals surface area contributed by atoms with E-state index in [1.54, 1.807) is 0 Å². The van der Waals surface area contributed by atoms with E-state index in [0.717, 1.165) is 0 Å². The number of hydrogen-bond donors (Lipinski definition) is 7. The minimum Gasteiger partial charge on any atom is -0.508 e. The van der Waals surface area contributed by atoms with E-state index in [4.69, 9.17) is 15.9 Å². The van der Waals surface area contributed by atoms with Gasteiger partial charge in [-0.2, -0.15) is 0 Å². The van der Waals surface area contributed by atoms with Crippen LogP contribution in [0.5, 0.6) is 5.75 Å². The Labute approximate surface area is 200 Å². The average molecular weight is 495 g/mol. The maximum atomic E-state index is 12.9. The molecule has 0 saturated carbocycles. The van der Waals surface area contributed by atoms with E-state index >= 15 is 0 Å². The summed E-state index contributed by atoms with van der Waals surface area (Å²) in [5, 5.41) is 41.8. The molecular weight excluding hydrogens is 464 g/mol. The third-order valence-corrected chi connectivity index (χ3v) is 5.62. The van der Waals surface area contributed by atoms with Gasteiger partial charge in [-0.25, -0.2) is 4.79 Å². The van der Waals surface area contributed by atoms with Crippen LogP contribution in [0.1, 0.15) is 31.2 Å². The summed E-state index contributed by atoms with van der Waals surface area (Å²) < 4.78 is 0. The maximum absolute atomic E-state index is 12.9. The highest BCUT2D eigenvalue weighted by atomic mass is 16.4. The molecule has 1 aliphatic heterocycles. The van der Waals surface area contributed by atoms with Crippen LogP contribution >= 0.6 is 0 Å². The van der Waals surface area contributed by atoms with E-state index in [1.165, 1.54) is 29.2 Å². The van der Waals surface area contributed by atoms with Gasteiger partial charge in [-0.1, -0.05) is 12.1 Å². The van der Waals surface area contributed by atoms with Crippen molar-refractivity contribution in [3.05, 3.63) is 29.8 Å². The van der Waals surface area contributed by atoms with Gasteiger partial charge in [-0.05, 0) is 37.0 Å². The smallest absolute Gasteiger partial charge is 0.326 e. The number of nitrogens with two attached hydrogens (primary N) is 1. The number of carbonyl (C=O) groups excluding carboxylic acids is 3. The second kappa shape index (κ2) is 12.7. The number of phenolic OH excluding ortho intramolecular Hbond substituents is 1. The molecule has 0 bridgehead atoms. The van der Waals surface area contributed by atoms with E-state index in [2.05, 4.69) is 10.6 Å². The first-order valence-electron chi connectivity index (χ1n) is 11.0. The lowest BCUT2D eigenvalue weighted by Gasteiger charge is -2.28. The van der Waals surface area contributed by atoms with E-state index in [0.29, 0.717) is 12.0 Å². The first kappa shape index (κ1) is 27.5. The molecule has 0 aliphatic carbocycles.